The van der Waals surface area contributed by atoms with Crippen molar-refractivity contribution in [3.63, 3.8) is 0 Å². The predicted octanol–water partition coefficient (Wildman–Crippen LogP) is 3.53. The van der Waals surface area contributed by atoms with Crippen LogP contribution in [0.5, 0.6) is 0 Å². The lowest BCUT2D eigenvalue weighted by Crippen LogP contribution is -2.21. The summed E-state index contributed by atoms with van der Waals surface area (Å²) in [5, 5.41) is 0.584. The topological polar surface area (TPSA) is 43.1 Å². The molecule has 0 aliphatic rings. The van der Waals surface area contributed by atoms with E-state index in [9.17, 15) is 4.79 Å². The number of aryl methyl sites for hydroxylation is 1. The molecule has 2 nitrogen and oxygen atoms in total. The van der Waals surface area contributed by atoms with Crippen molar-refractivity contribution in [2.75, 3.05) is 0 Å². The van der Waals surface area contributed by atoms with Gasteiger partial charge in [-0.05, 0) is 24.1 Å². The van der Waals surface area contributed by atoms with Crippen molar-refractivity contribution in [1.82, 2.24) is 0 Å². The highest BCUT2D eigenvalue weighted by molar-refractivity contribution is 6.31. The zero-order valence-corrected chi connectivity index (χ0v) is 10.8. The van der Waals surface area contributed by atoms with Crippen LogP contribution in [0.1, 0.15) is 27.5 Å². The van der Waals surface area contributed by atoms with E-state index < -0.39 is 6.04 Å². The average Bonchev–Trinajstić information content (AvgIpc) is 2.41. The monoisotopic (exact) mass is 259 g/mol. The summed E-state index contributed by atoms with van der Waals surface area (Å²) >= 11 is 6.02. The first-order valence-corrected chi connectivity index (χ1v) is 6.08. The molecule has 2 aromatic carbocycles. The molecule has 0 fully saturated rings. The molecule has 0 saturated heterocycles. The fraction of sp³-hybridized carbons (Fsp3) is 0.133. The van der Waals surface area contributed by atoms with Gasteiger partial charge in [-0.25, -0.2) is 0 Å². The molecule has 0 saturated carbocycles. The molecule has 1 atom stereocenters. The minimum Gasteiger partial charge on any atom is -0.318 e. The maximum Gasteiger partial charge on any atom is 0.184 e. The molecular formula is C15H14ClNO. The van der Waals surface area contributed by atoms with E-state index in [4.69, 9.17) is 17.3 Å². The first kappa shape index (κ1) is 12.8. The third kappa shape index (κ3) is 2.61. The number of rotatable bonds is 3. The highest BCUT2D eigenvalue weighted by Crippen LogP contribution is 2.21. The van der Waals surface area contributed by atoms with Gasteiger partial charge in [0.15, 0.2) is 5.78 Å². The summed E-state index contributed by atoms with van der Waals surface area (Å²) in [5.41, 5.74) is 8.26. The number of hydrogen-bond acceptors (Lipinski definition) is 2. The number of Topliss-reactive ketones (excluding diaryl/α,β-unsaturated/α-hetero) is 1. The van der Waals surface area contributed by atoms with Crippen LogP contribution in [0, 0.1) is 6.92 Å². The Morgan fingerprint density at radius 3 is 2.44 bits per heavy atom. The molecule has 2 rings (SSSR count). The van der Waals surface area contributed by atoms with Crippen LogP contribution >= 0.6 is 11.6 Å². The third-order valence-electron chi connectivity index (χ3n) is 2.90. The average molecular weight is 260 g/mol. The van der Waals surface area contributed by atoms with E-state index in [1.165, 1.54) is 0 Å². The Morgan fingerprint density at radius 2 is 1.83 bits per heavy atom. The smallest absolute Gasteiger partial charge is 0.184 e. The number of benzene rings is 2. The maximum absolute atomic E-state index is 12.2. The van der Waals surface area contributed by atoms with Crippen LogP contribution in [0.2, 0.25) is 5.02 Å². The van der Waals surface area contributed by atoms with Crippen molar-refractivity contribution in [1.29, 1.82) is 0 Å². The van der Waals surface area contributed by atoms with Crippen LogP contribution in [0.25, 0.3) is 0 Å². The van der Waals surface area contributed by atoms with Gasteiger partial charge in [-0.15, -0.1) is 0 Å². The molecule has 0 heterocycles. The molecule has 0 spiro atoms. The van der Waals surface area contributed by atoms with Crippen molar-refractivity contribution in [2.45, 2.75) is 13.0 Å². The second-order valence-corrected chi connectivity index (χ2v) is 4.62. The summed E-state index contributed by atoms with van der Waals surface area (Å²) in [7, 11) is 0. The largest absolute Gasteiger partial charge is 0.318 e. The summed E-state index contributed by atoms with van der Waals surface area (Å²) in [6.45, 7) is 1.90. The Hall–Kier alpha value is -1.64. The number of hydrogen-bond donors (Lipinski definition) is 1. The van der Waals surface area contributed by atoms with Crippen molar-refractivity contribution in [2.24, 2.45) is 5.73 Å². The van der Waals surface area contributed by atoms with Gasteiger partial charge in [0.25, 0.3) is 0 Å². The number of nitrogens with two attached hydrogens (primary N) is 1. The summed E-state index contributed by atoms with van der Waals surface area (Å²) in [6, 6.07) is 13.9. The summed E-state index contributed by atoms with van der Waals surface area (Å²) < 4.78 is 0. The highest BCUT2D eigenvalue weighted by atomic mass is 35.5. The molecule has 3 heteroatoms. The van der Waals surface area contributed by atoms with Crippen LogP contribution in [0.3, 0.4) is 0 Å². The van der Waals surface area contributed by atoms with Crippen LogP contribution in [0.15, 0.2) is 48.5 Å². The Morgan fingerprint density at radius 1 is 1.17 bits per heavy atom. The van der Waals surface area contributed by atoms with Crippen molar-refractivity contribution in [3.8, 4) is 0 Å². The van der Waals surface area contributed by atoms with Crippen molar-refractivity contribution in [3.05, 3.63) is 70.2 Å². The lowest BCUT2D eigenvalue weighted by Gasteiger charge is -2.11. The number of halogens is 1. The Bertz CT molecular complexity index is 566. The Kier molecular flexibility index (Phi) is 3.80. The van der Waals surface area contributed by atoms with Gasteiger partial charge in [0.1, 0.15) is 0 Å². The van der Waals surface area contributed by atoms with E-state index >= 15 is 0 Å². The third-order valence-corrected chi connectivity index (χ3v) is 3.30. The Labute approximate surface area is 111 Å². The van der Waals surface area contributed by atoms with E-state index in [2.05, 4.69) is 0 Å². The number of ketones is 1. The van der Waals surface area contributed by atoms with Gasteiger partial charge < -0.3 is 5.73 Å². The SMILES string of the molecule is Cc1ccc(C(=O)C(N)c2ccccc2)cc1Cl. The molecule has 0 aromatic heterocycles. The van der Waals surface area contributed by atoms with Gasteiger partial charge in [-0.3, -0.25) is 4.79 Å². The molecule has 0 aliphatic carbocycles. The molecule has 0 bridgehead atoms. The summed E-state index contributed by atoms with van der Waals surface area (Å²) in [4.78, 5) is 12.2. The first-order chi connectivity index (χ1) is 8.59. The first-order valence-electron chi connectivity index (χ1n) is 5.70. The molecule has 1 unspecified atom stereocenters. The zero-order chi connectivity index (χ0) is 13.1. The second-order valence-electron chi connectivity index (χ2n) is 4.22. The van der Waals surface area contributed by atoms with Crippen LogP contribution in [0.4, 0.5) is 0 Å². The van der Waals surface area contributed by atoms with E-state index in [-0.39, 0.29) is 5.78 Å². The quantitative estimate of drug-likeness (QED) is 0.857. The lowest BCUT2D eigenvalue weighted by atomic mass is 9.98. The molecule has 92 valence electrons. The number of carbonyl (C=O) groups excluding carboxylic acids is 1. The van der Waals surface area contributed by atoms with E-state index in [0.717, 1.165) is 11.1 Å². The van der Waals surface area contributed by atoms with Gasteiger partial charge in [0, 0.05) is 10.6 Å². The summed E-state index contributed by atoms with van der Waals surface area (Å²) in [5.74, 6) is -0.122. The van der Waals surface area contributed by atoms with Crippen LogP contribution in [-0.2, 0) is 0 Å². The minimum atomic E-state index is -0.648. The predicted molar refractivity (Wildman–Crippen MR) is 73.9 cm³/mol. The zero-order valence-electron chi connectivity index (χ0n) is 10.1. The van der Waals surface area contributed by atoms with Gasteiger partial charge in [0.05, 0.1) is 6.04 Å². The molecule has 2 aromatic rings. The normalized spacial score (nSPS) is 12.2. The van der Waals surface area contributed by atoms with Crippen molar-refractivity contribution >= 4 is 17.4 Å². The fourth-order valence-electron chi connectivity index (χ4n) is 1.74. The summed E-state index contributed by atoms with van der Waals surface area (Å²) in [6.07, 6.45) is 0. The maximum atomic E-state index is 12.2. The second kappa shape index (κ2) is 5.34. The molecule has 0 aliphatic heterocycles. The van der Waals surface area contributed by atoms with Crippen LogP contribution < -0.4 is 5.73 Å². The lowest BCUT2D eigenvalue weighted by molar-refractivity contribution is 0.0961. The van der Waals surface area contributed by atoms with E-state index in [1.807, 2.05) is 43.3 Å². The molecule has 0 radical (unpaired) electrons. The van der Waals surface area contributed by atoms with Gasteiger partial charge in [0.2, 0.25) is 0 Å². The van der Waals surface area contributed by atoms with Gasteiger partial charge >= 0.3 is 0 Å². The minimum absolute atomic E-state index is 0.122. The molecule has 2 N–H and O–H groups in total. The van der Waals surface area contributed by atoms with Gasteiger partial charge in [-0.2, -0.15) is 0 Å². The fourth-order valence-corrected chi connectivity index (χ4v) is 1.92. The Balaban J connectivity index is 2.29. The molecule has 0 amide bonds. The number of carbonyl (C=O) groups is 1. The molecular weight excluding hydrogens is 246 g/mol. The van der Waals surface area contributed by atoms with Crippen molar-refractivity contribution < 1.29 is 4.79 Å². The molecule has 18 heavy (non-hydrogen) atoms. The van der Waals surface area contributed by atoms with Crippen LogP contribution in [-0.4, -0.2) is 5.78 Å². The van der Waals surface area contributed by atoms with Gasteiger partial charge in [-0.1, -0.05) is 54.1 Å². The van der Waals surface area contributed by atoms with E-state index in [0.29, 0.717) is 10.6 Å². The highest BCUT2D eigenvalue weighted by Gasteiger charge is 2.17. The standard InChI is InChI=1S/C15H14ClNO/c1-10-7-8-12(9-13(10)16)15(18)14(17)11-5-3-2-4-6-11/h2-9,14H,17H2,1H3. The van der Waals surface area contributed by atoms with E-state index in [1.54, 1.807) is 12.1 Å².